The molecule has 0 saturated carbocycles. The van der Waals surface area contributed by atoms with Crippen molar-refractivity contribution in [3.8, 4) is 0 Å². The Morgan fingerprint density at radius 3 is 2.43 bits per heavy atom. The first-order valence-electron chi connectivity index (χ1n) is 4.90. The number of carboxylic acid groups (broad SMARTS) is 1. The lowest BCUT2D eigenvalue weighted by Crippen LogP contribution is -2.51. The van der Waals surface area contributed by atoms with E-state index in [0.29, 0.717) is 5.88 Å². The molecule has 0 bridgehead atoms. The third-order valence-electron chi connectivity index (χ3n) is 2.71. The fraction of sp³-hybridized carbons (Fsp3) is 0.889. The van der Waals surface area contributed by atoms with Gasteiger partial charge in [-0.05, 0) is 6.92 Å². The minimum atomic E-state index is -0.740. The highest BCUT2D eigenvalue weighted by molar-refractivity contribution is 6.18. The SMILES string of the molecule is CC(C(=O)O)N1CCN(CCCl)CC1. The second-order valence-corrected chi connectivity index (χ2v) is 3.96. The minimum Gasteiger partial charge on any atom is -0.480 e. The molecule has 1 heterocycles. The monoisotopic (exact) mass is 220 g/mol. The van der Waals surface area contributed by atoms with Crippen molar-refractivity contribution >= 4 is 17.6 Å². The van der Waals surface area contributed by atoms with Crippen molar-refractivity contribution in [2.75, 3.05) is 38.6 Å². The molecule has 0 aliphatic carbocycles. The summed E-state index contributed by atoms with van der Waals surface area (Å²) in [6.07, 6.45) is 0. The van der Waals surface area contributed by atoms with Crippen molar-refractivity contribution in [2.24, 2.45) is 0 Å². The zero-order chi connectivity index (χ0) is 10.6. The summed E-state index contributed by atoms with van der Waals surface area (Å²) < 4.78 is 0. The number of rotatable bonds is 4. The van der Waals surface area contributed by atoms with E-state index in [-0.39, 0.29) is 6.04 Å². The van der Waals surface area contributed by atoms with E-state index in [4.69, 9.17) is 16.7 Å². The molecule has 14 heavy (non-hydrogen) atoms. The third kappa shape index (κ3) is 3.12. The van der Waals surface area contributed by atoms with Crippen LogP contribution in [0.5, 0.6) is 0 Å². The molecule has 1 aliphatic heterocycles. The van der Waals surface area contributed by atoms with Crippen LogP contribution < -0.4 is 0 Å². The van der Waals surface area contributed by atoms with Gasteiger partial charge in [0.1, 0.15) is 6.04 Å². The molecule has 1 unspecified atom stereocenters. The fourth-order valence-electron chi connectivity index (χ4n) is 1.65. The molecule has 0 radical (unpaired) electrons. The molecular formula is C9H17ClN2O2. The molecule has 82 valence electrons. The molecule has 5 heteroatoms. The molecule has 1 N–H and O–H groups in total. The van der Waals surface area contributed by atoms with Gasteiger partial charge in [0.25, 0.3) is 0 Å². The normalized spacial score (nSPS) is 22.1. The summed E-state index contributed by atoms with van der Waals surface area (Å²) in [6, 6.07) is -0.367. The Morgan fingerprint density at radius 1 is 1.43 bits per heavy atom. The zero-order valence-corrected chi connectivity index (χ0v) is 9.20. The number of aliphatic carboxylic acids is 1. The Balaban J connectivity index is 2.31. The number of piperazine rings is 1. The van der Waals surface area contributed by atoms with Gasteiger partial charge in [0.15, 0.2) is 0 Å². The van der Waals surface area contributed by atoms with Gasteiger partial charge in [-0.25, -0.2) is 0 Å². The summed E-state index contributed by atoms with van der Waals surface area (Å²) in [4.78, 5) is 15.0. The number of halogens is 1. The van der Waals surface area contributed by atoms with Gasteiger partial charge in [0, 0.05) is 38.6 Å². The Bertz CT molecular complexity index is 193. The van der Waals surface area contributed by atoms with Gasteiger partial charge in [-0.1, -0.05) is 0 Å². The van der Waals surface area contributed by atoms with Gasteiger partial charge in [0.05, 0.1) is 0 Å². The molecule has 1 saturated heterocycles. The summed E-state index contributed by atoms with van der Waals surface area (Å²) in [6.45, 7) is 6.12. The zero-order valence-electron chi connectivity index (χ0n) is 8.45. The maximum absolute atomic E-state index is 10.7. The van der Waals surface area contributed by atoms with Crippen molar-refractivity contribution in [3.63, 3.8) is 0 Å². The van der Waals surface area contributed by atoms with Crippen LogP contribution in [0.25, 0.3) is 0 Å². The van der Waals surface area contributed by atoms with Gasteiger partial charge in [0.2, 0.25) is 0 Å². The number of carbonyl (C=O) groups is 1. The predicted molar refractivity (Wildman–Crippen MR) is 55.8 cm³/mol. The van der Waals surface area contributed by atoms with E-state index in [1.807, 2.05) is 4.90 Å². The van der Waals surface area contributed by atoms with Crippen LogP contribution >= 0.6 is 11.6 Å². The average molecular weight is 221 g/mol. The Kier molecular flexibility index (Phi) is 4.65. The number of hydrogen-bond donors (Lipinski definition) is 1. The minimum absolute atomic E-state index is 0.367. The largest absolute Gasteiger partial charge is 0.480 e. The smallest absolute Gasteiger partial charge is 0.320 e. The second kappa shape index (κ2) is 5.53. The first-order chi connectivity index (χ1) is 6.65. The summed E-state index contributed by atoms with van der Waals surface area (Å²) in [5, 5.41) is 8.83. The van der Waals surface area contributed by atoms with E-state index < -0.39 is 5.97 Å². The predicted octanol–water partition coefficient (Wildman–Crippen LogP) is 0.316. The van der Waals surface area contributed by atoms with Gasteiger partial charge in [-0.15, -0.1) is 11.6 Å². The van der Waals surface area contributed by atoms with Gasteiger partial charge in [-0.3, -0.25) is 14.6 Å². The van der Waals surface area contributed by atoms with Crippen LogP contribution in [-0.4, -0.2) is 65.5 Å². The molecule has 1 aliphatic rings. The summed E-state index contributed by atoms with van der Waals surface area (Å²) in [5.74, 6) is -0.0927. The fourth-order valence-corrected chi connectivity index (χ4v) is 1.89. The van der Waals surface area contributed by atoms with Gasteiger partial charge >= 0.3 is 5.97 Å². The molecule has 0 aromatic rings. The Morgan fingerprint density at radius 2 is 2.00 bits per heavy atom. The van der Waals surface area contributed by atoms with E-state index in [0.717, 1.165) is 32.7 Å². The first kappa shape index (κ1) is 11.8. The number of alkyl halides is 1. The van der Waals surface area contributed by atoms with E-state index in [9.17, 15) is 4.79 Å². The first-order valence-corrected chi connectivity index (χ1v) is 5.43. The molecule has 0 spiro atoms. The Hall–Kier alpha value is -0.320. The van der Waals surface area contributed by atoms with Crippen LogP contribution in [0.4, 0.5) is 0 Å². The molecule has 1 atom stereocenters. The summed E-state index contributed by atoms with van der Waals surface area (Å²) >= 11 is 5.63. The van der Waals surface area contributed by atoms with Crippen molar-refractivity contribution in [3.05, 3.63) is 0 Å². The van der Waals surface area contributed by atoms with E-state index >= 15 is 0 Å². The second-order valence-electron chi connectivity index (χ2n) is 3.58. The molecule has 1 rings (SSSR count). The highest BCUT2D eigenvalue weighted by Gasteiger charge is 2.24. The van der Waals surface area contributed by atoms with Gasteiger partial charge in [-0.2, -0.15) is 0 Å². The van der Waals surface area contributed by atoms with Crippen LogP contribution in [0.15, 0.2) is 0 Å². The van der Waals surface area contributed by atoms with Crippen LogP contribution in [0.3, 0.4) is 0 Å². The van der Waals surface area contributed by atoms with E-state index in [1.165, 1.54) is 0 Å². The van der Waals surface area contributed by atoms with Gasteiger partial charge < -0.3 is 5.11 Å². The van der Waals surface area contributed by atoms with Crippen LogP contribution in [0.2, 0.25) is 0 Å². The van der Waals surface area contributed by atoms with Crippen molar-refractivity contribution < 1.29 is 9.90 Å². The molecule has 0 aromatic carbocycles. The number of nitrogens with zero attached hydrogens (tertiary/aromatic N) is 2. The third-order valence-corrected chi connectivity index (χ3v) is 2.88. The van der Waals surface area contributed by atoms with Crippen molar-refractivity contribution in [1.29, 1.82) is 0 Å². The quantitative estimate of drug-likeness (QED) is 0.693. The van der Waals surface area contributed by atoms with Crippen LogP contribution in [-0.2, 0) is 4.79 Å². The lowest BCUT2D eigenvalue weighted by Gasteiger charge is -2.36. The lowest BCUT2D eigenvalue weighted by atomic mass is 10.2. The number of carboxylic acids is 1. The lowest BCUT2D eigenvalue weighted by molar-refractivity contribution is -0.143. The van der Waals surface area contributed by atoms with Crippen molar-refractivity contribution in [1.82, 2.24) is 9.80 Å². The molecular weight excluding hydrogens is 204 g/mol. The van der Waals surface area contributed by atoms with Crippen LogP contribution in [0, 0.1) is 0 Å². The summed E-state index contributed by atoms with van der Waals surface area (Å²) in [7, 11) is 0. The molecule has 4 nitrogen and oxygen atoms in total. The standard InChI is InChI=1S/C9H17ClN2O2/c1-8(9(13)14)12-6-4-11(3-2-10)5-7-12/h8H,2-7H2,1H3,(H,13,14). The van der Waals surface area contributed by atoms with E-state index in [2.05, 4.69) is 4.90 Å². The number of hydrogen-bond acceptors (Lipinski definition) is 3. The van der Waals surface area contributed by atoms with Crippen LogP contribution in [0.1, 0.15) is 6.92 Å². The molecule has 1 fully saturated rings. The van der Waals surface area contributed by atoms with E-state index in [1.54, 1.807) is 6.92 Å². The maximum Gasteiger partial charge on any atom is 0.320 e. The molecule has 0 aromatic heterocycles. The maximum atomic E-state index is 10.7. The van der Waals surface area contributed by atoms with Crippen molar-refractivity contribution in [2.45, 2.75) is 13.0 Å². The Labute approximate surface area is 89.4 Å². The highest BCUT2D eigenvalue weighted by Crippen LogP contribution is 2.06. The molecule has 0 amide bonds. The highest BCUT2D eigenvalue weighted by atomic mass is 35.5. The topological polar surface area (TPSA) is 43.8 Å². The summed E-state index contributed by atoms with van der Waals surface area (Å²) in [5.41, 5.74) is 0. The average Bonchev–Trinajstić information content (AvgIpc) is 2.18.